The van der Waals surface area contributed by atoms with Crippen LogP contribution in [0.2, 0.25) is 0 Å². The molecule has 0 aromatic heterocycles. The second kappa shape index (κ2) is 6.46. The summed E-state index contributed by atoms with van der Waals surface area (Å²) < 4.78 is 10.2. The molecule has 4 nitrogen and oxygen atoms in total. The molecule has 0 saturated heterocycles. The zero-order chi connectivity index (χ0) is 14.5. The second-order valence-corrected chi connectivity index (χ2v) is 5.13. The Hall–Kier alpha value is -1.97. The molecule has 0 atom stereocenters. The van der Waals surface area contributed by atoms with Gasteiger partial charge in [0.1, 0.15) is 12.0 Å². The number of carboxylic acid groups (broad SMARTS) is 1. The van der Waals surface area contributed by atoms with Crippen molar-refractivity contribution in [1.82, 2.24) is 0 Å². The molecule has 0 radical (unpaired) electrons. The largest absolute Gasteiger partial charge is 0.500 e. The molecule has 1 aliphatic rings. The zero-order valence-electron chi connectivity index (χ0n) is 11.9. The Bertz CT molecular complexity index is 513. The van der Waals surface area contributed by atoms with E-state index in [0.717, 1.165) is 11.8 Å². The van der Waals surface area contributed by atoms with Gasteiger partial charge in [-0.25, -0.2) is 4.79 Å². The highest BCUT2D eigenvalue weighted by Gasteiger charge is 2.19. The van der Waals surface area contributed by atoms with Crippen LogP contribution in [0.3, 0.4) is 0 Å². The van der Waals surface area contributed by atoms with Crippen molar-refractivity contribution in [3.8, 4) is 5.75 Å². The average molecular weight is 276 g/mol. The van der Waals surface area contributed by atoms with Crippen LogP contribution in [0.5, 0.6) is 5.75 Å². The predicted molar refractivity (Wildman–Crippen MR) is 75.7 cm³/mol. The molecule has 1 saturated carbocycles. The molecule has 2 rings (SSSR count). The van der Waals surface area contributed by atoms with Crippen molar-refractivity contribution in [1.29, 1.82) is 0 Å². The molecule has 0 spiro atoms. The third-order valence-electron chi connectivity index (χ3n) is 3.69. The van der Waals surface area contributed by atoms with Crippen molar-refractivity contribution in [2.24, 2.45) is 0 Å². The Morgan fingerprint density at radius 3 is 2.65 bits per heavy atom. The molecule has 1 fully saturated rings. The number of hydrogen-bond donors (Lipinski definition) is 1. The monoisotopic (exact) mass is 276 g/mol. The minimum atomic E-state index is -1.14. The summed E-state index contributed by atoms with van der Waals surface area (Å²) in [5.41, 5.74) is 2.14. The van der Waals surface area contributed by atoms with E-state index >= 15 is 0 Å². The number of aryl methyl sites for hydroxylation is 1. The Morgan fingerprint density at radius 2 is 2.05 bits per heavy atom. The molecule has 4 heteroatoms. The minimum Gasteiger partial charge on any atom is -0.500 e. The van der Waals surface area contributed by atoms with Crippen LogP contribution in [0.1, 0.15) is 42.7 Å². The second-order valence-electron chi connectivity index (χ2n) is 5.13. The normalized spacial score (nSPS) is 16.2. The lowest BCUT2D eigenvalue weighted by Gasteiger charge is -2.14. The number of benzene rings is 1. The van der Waals surface area contributed by atoms with E-state index in [4.69, 9.17) is 14.6 Å². The maximum absolute atomic E-state index is 11.1. The molecule has 1 aromatic carbocycles. The molecule has 0 unspecified atom stereocenters. The number of carboxylic acids is 1. The smallest absolute Gasteiger partial charge is 0.375 e. The van der Waals surface area contributed by atoms with Crippen LogP contribution < -0.4 is 4.74 Å². The molecule has 1 N–H and O–H groups in total. The third kappa shape index (κ3) is 3.32. The molecule has 1 aromatic rings. The topological polar surface area (TPSA) is 55.8 Å². The lowest BCUT2D eigenvalue weighted by molar-refractivity contribution is -0.135. The number of aliphatic carboxylic acids is 1. The van der Waals surface area contributed by atoms with Gasteiger partial charge in [0.05, 0.1) is 7.11 Å². The molecule has 108 valence electrons. The molecule has 0 bridgehead atoms. The first-order valence-electron chi connectivity index (χ1n) is 6.86. The van der Waals surface area contributed by atoms with E-state index in [1.807, 2.05) is 19.1 Å². The van der Waals surface area contributed by atoms with Crippen LogP contribution >= 0.6 is 0 Å². The molecule has 0 heterocycles. The summed E-state index contributed by atoms with van der Waals surface area (Å²) in [5.74, 6) is -0.200. The van der Waals surface area contributed by atoms with Crippen LogP contribution in [0, 0.1) is 6.92 Å². The summed E-state index contributed by atoms with van der Waals surface area (Å²) in [6, 6.07) is 6.05. The predicted octanol–water partition coefficient (Wildman–Crippen LogP) is 3.60. The molecular formula is C16H20O4. The fraction of sp³-hybridized carbons (Fsp3) is 0.438. The van der Waals surface area contributed by atoms with Crippen LogP contribution in [0.15, 0.2) is 30.2 Å². The van der Waals surface area contributed by atoms with E-state index in [1.165, 1.54) is 38.4 Å². The number of rotatable bonds is 5. The van der Waals surface area contributed by atoms with Crippen molar-refractivity contribution in [2.45, 2.75) is 38.5 Å². The number of hydrogen-bond acceptors (Lipinski definition) is 3. The summed E-state index contributed by atoms with van der Waals surface area (Å²) in [6.45, 7) is 1.90. The Balaban J connectivity index is 2.23. The van der Waals surface area contributed by atoms with Crippen molar-refractivity contribution in [3.63, 3.8) is 0 Å². The van der Waals surface area contributed by atoms with Gasteiger partial charge in [0, 0.05) is 0 Å². The van der Waals surface area contributed by atoms with E-state index in [1.54, 1.807) is 0 Å². The number of methoxy groups -OCH3 is 1. The maximum Gasteiger partial charge on any atom is 0.375 e. The zero-order valence-corrected chi connectivity index (χ0v) is 11.9. The highest BCUT2D eigenvalue weighted by molar-refractivity contribution is 5.84. The van der Waals surface area contributed by atoms with Crippen LogP contribution in [-0.4, -0.2) is 18.2 Å². The van der Waals surface area contributed by atoms with E-state index in [-0.39, 0.29) is 5.76 Å². The van der Waals surface area contributed by atoms with Crippen LogP contribution in [-0.2, 0) is 9.53 Å². The van der Waals surface area contributed by atoms with Gasteiger partial charge in [0.25, 0.3) is 0 Å². The molecule has 0 amide bonds. The third-order valence-corrected chi connectivity index (χ3v) is 3.69. The summed E-state index contributed by atoms with van der Waals surface area (Å²) in [7, 11) is 1.40. The van der Waals surface area contributed by atoms with Crippen molar-refractivity contribution in [3.05, 3.63) is 41.3 Å². The van der Waals surface area contributed by atoms with Crippen LogP contribution in [0.25, 0.3) is 0 Å². The summed E-state index contributed by atoms with van der Waals surface area (Å²) in [4.78, 5) is 11.1. The van der Waals surface area contributed by atoms with Gasteiger partial charge in [0.2, 0.25) is 5.76 Å². The first-order chi connectivity index (χ1) is 9.61. The summed E-state index contributed by atoms with van der Waals surface area (Å²) in [5, 5.41) is 9.06. The molecule has 0 aliphatic heterocycles. The highest BCUT2D eigenvalue weighted by atomic mass is 16.5. The van der Waals surface area contributed by atoms with Gasteiger partial charge < -0.3 is 14.6 Å². The van der Waals surface area contributed by atoms with Gasteiger partial charge in [-0.2, -0.15) is 0 Å². The van der Waals surface area contributed by atoms with Gasteiger partial charge in [-0.1, -0.05) is 25.0 Å². The van der Waals surface area contributed by atoms with Gasteiger partial charge in [-0.3, -0.25) is 0 Å². The Morgan fingerprint density at radius 1 is 1.35 bits per heavy atom. The maximum atomic E-state index is 11.1. The SMILES string of the molecule is CO/C=C(\Oc1cc(C2CCCC2)ccc1C)C(=O)O. The van der Waals surface area contributed by atoms with E-state index in [9.17, 15) is 4.79 Å². The first-order valence-corrected chi connectivity index (χ1v) is 6.86. The van der Waals surface area contributed by atoms with Gasteiger partial charge >= 0.3 is 5.97 Å². The molecule has 20 heavy (non-hydrogen) atoms. The molecule has 1 aliphatic carbocycles. The quantitative estimate of drug-likeness (QED) is 0.659. The van der Waals surface area contributed by atoms with E-state index in [0.29, 0.717) is 11.7 Å². The summed E-state index contributed by atoms with van der Waals surface area (Å²) in [6.07, 6.45) is 6.02. The standard InChI is InChI=1S/C16H20O4/c1-11-7-8-13(12-5-3-4-6-12)9-14(11)20-15(10-19-2)16(17)18/h7-10,12H,3-6H2,1-2H3,(H,17,18)/b15-10-. The lowest BCUT2D eigenvalue weighted by Crippen LogP contribution is -2.09. The Kier molecular flexibility index (Phi) is 4.66. The minimum absolute atomic E-state index is 0.209. The van der Waals surface area contributed by atoms with Gasteiger partial charge in [-0.05, 0) is 42.9 Å². The fourth-order valence-corrected chi connectivity index (χ4v) is 2.58. The number of carbonyl (C=O) groups is 1. The summed E-state index contributed by atoms with van der Waals surface area (Å²) >= 11 is 0. The molecular weight excluding hydrogens is 256 g/mol. The van der Waals surface area contributed by atoms with E-state index in [2.05, 4.69) is 6.07 Å². The highest BCUT2D eigenvalue weighted by Crippen LogP contribution is 2.36. The van der Waals surface area contributed by atoms with E-state index < -0.39 is 5.97 Å². The van der Waals surface area contributed by atoms with Gasteiger partial charge in [-0.15, -0.1) is 0 Å². The van der Waals surface area contributed by atoms with Crippen molar-refractivity contribution < 1.29 is 19.4 Å². The fourth-order valence-electron chi connectivity index (χ4n) is 2.58. The first kappa shape index (κ1) is 14.4. The van der Waals surface area contributed by atoms with Crippen molar-refractivity contribution >= 4 is 5.97 Å². The van der Waals surface area contributed by atoms with Crippen molar-refractivity contribution in [2.75, 3.05) is 7.11 Å². The average Bonchev–Trinajstić information content (AvgIpc) is 2.94. The van der Waals surface area contributed by atoms with Gasteiger partial charge in [0.15, 0.2) is 0 Å². The Labute approximate surface area is 119 Å². The number of ether oxygens (including phenoxy) is 2. The lowest BCUT2D eigenvalue weighted by atomic mass is 9.96. The van der Waals surface area contributed by atoms with Crippen LogP contribution in [0.4, 0.5) is 0 Å².